The summed E-state index contributed by atoms with van der Waals surface area (Å²) in [6, 6.07) is 11.6. The van der Waals surface area contributed by atoms with Crippen molar-refractivity contribution in [3.8, 4) is 0 Å². The molecular weight excluding hydrogens is 347 g/mol. The molecule has 2 aromatic rings. The topological polar surface area (TPSA) is 96.2 Å². The molecule has 0 spiro atoms. The number of carbonyl (C=O) groups is 2. The Bertz CT molecular complexity index is 748. The van der Waals surface area contributed by atoms with Crippen molar-refractivity contribution in [3.63, 3.8) is 0 Å². The fourth-order valence-electron chi connectivity index (χ4n) is 2.49. The minimum absolute atomic E-state index is 0.301. The Morgan fingerprint density at radius 1 is 0.963 bits per heavy atom. The number of amides is 3. The van der Waals surface area contributed by atoms with E-state index in [0.29, 0.717) is 30.8 Å². The molecule has 0 bridgehead atoms. The Balaban J connectivity index is 1.98. The van der Waals surface area contributed by atoms with Gasteiger partial charge in [0.2, 0.25) is 5.91 Å². The first kappa shape index (κ1) is 20.4. The van der Waals surface area contributed by atoms with Crippen LogP contribution in [0.15, 0.2) is 48.5 Å². The predicted octanol–water partition coefficient (Wildman–Crippen LogP) is 3.39. The van der Waals surface area contributed by atoms with Crippen LogP contribution in [0.25, 0.3) is 0 Å². The van der Waals surface area contributed by atoms with Crippen LogP contribution in [0.4, 0.5) is 20.6 Å². The van der Waals surface area contributed by atoms with E-state index in [0.717, 1.165) is 12.0 Å². The zero-order valence-electron chi connectivity index (χ0n) is 15.3. The van der Waals surface area contributed by atoms with Gasteiger partial charge in [0, 0.05) is 11.4 Å². The number of aryl methyl sites for hydroxylation is 1. The van der Waals surface area contributed by atoms with E-state index in [-0.39, 0.29) is 5.91 Å². The smallest absolute Gasteiger partial charge is 0.319 e. The van der Waals surface area contributed by atoms with Crippen molar-refractivity contribution >= 4 is 23.3 Å². The molecule has 1 atom stereocenters. The van der Waals surface area contributed by atoms with Crippen molar-refractivity contribution in [2.75, 3.05) is 17.2 Å². The molecule has 0 fully saturated rings. The summed E-state index contributed by atoms with van der Waals surface area (Å²) in [6.07, 6.45) is 1.93. The normalized spacial score (nSPS) is 11.5. The average Bonchev–Trinajstić information content (AvgIpc) is 2.65. The van der Waals surface area contributed by atoms with E-state index in [2.05, 4.69) is 16.0 Å². The molecule has 0 saturated carbocycles. The molecule has 5 N–H and O–H groups in total. The van der Waals surface area contributed by atoms with Gasteiger partial charge < -0.3 is 21.7 Å². The highest BCUT2D eigenvalue weighted by atomic mass is 19.1. The van der Waals surface area contributed by atoms with E-state index in [1.54, 1.807) is 0 Å². The first-order valence-electron chi connectivity index (χ1n) is 8.88. The van der Waals surface area contributed by atoms with Gasteiger partial charge in [0.25, 0.3) is 0 Å². The molecule has 0 radical (unpaired) electrons. The minimum atomic E-state index is -0.710. The van der Waals surface area contributed by atoms with Crippen molar-refractivity contribution in [1.29, 1.82) is 0 Å². The van der Waals surface area contributed by atoms with Gasteiger partial charge >= 0.3 is 6.03 Å². The van der Waals surface area contributed by atoms with Gasteiger partial charge in [-0.3, -0.25) is 4.79 Å². The monoisotopic (exact) mass is 372 g/mol. The number of nitrogens with one attached hydrogen (secondary N) is 3. The number of anilines is 2. The second kappa shape index (κ2) is 10.3. The first-order valence-corrected chi connectivity index (χ1v) is 8.88. The molecule has 2 aromatic carbocycles. The van der Waals surface area contributed by atoms with Gasteiger partial charge in [-0.2, -0.15) is 0 Å². The molecule has 3 amide bonds. The fraction of sp³-hybridized carbons (Fsp3) is 0.300. The summed E-state index contributed by atoms with van der Waals surface area (Å²) in [4.78, 5) is 24.8. The third kappa shape index (κ3) is 7.07. The third-order valence-corrected chi connectivity index (χ3v) is 3.99. The number of nitrogens with two attached hydrogens (primary N) is 1. The fourth-order valence-corrected chi connectivity index (χ4v) is 2.49. The number of carbonyl (C=O) groups excluding carboxylic acids is 2. The van der Waals surface area contributed by atoms with Crippen LogP contribution < -0.4 is 21.7 Å². The maximum absolute atomic E-state index is 13.0. The Labute approximate surface area is 158 Å². The molecule has 27 heavy (non-hydrogen) atoms. The van der Waals surface area contributed by atoms with Crippen LogP contribution in [0.3, 0.4) is 0 Å². The van der Waals surface area contributed by atoms with E-state index in [9.17, 15) is 14.0 Å². The maximum Gasteiger partial charge on any atom is 0.319 e. The second-order valence-corrected chi connectivity index (χ2v) is 6.30. The molecule has 7 heteroatoms. The highest BCUT2D eigenvalue weighted by molar-refractivity contribution is 5.99. The number of hydrogen-bond donors (Lipinski definition) is 4. The predicted molar refractivity (Wildman–Crippen MR) is 105 cm³/mol. The van der Waals surface area contributed by atoms with Crippen molar-refractivity contribution in [3.05, 3.63) is 59.9 Å². The molecular formula is C20H25FN4O2. The van der Waals surface area contributed by atoms with Crippen LogP contribution in [0, 0.1) is 12.7 Å². The van der Waals surface area contributed by atoms with Gasteiger partial charge in [-0.1, -0.05) is 17.7 Å². The standard InChI is InChI=1S/C20H25FN4O2/c1-14-5-9-16(10-6-14)23-19(26)18(4-2-3-13-22)25-20(27)24-17-11-7-15(21)8-12-17/h5-12,18H,2-4,13,22H2,1H3,(H,23,26)(H2,24,25,27)/t18-/m0/s1. The highest BCUT2D eigenvalue weighted by Crippen LogP contribution is 2.12. The lowest BCUT2D eigenvalue weighted by Gasteiger charge is -2.19. The molecule has 0 aliphatic rings. The van der Waals surface area contributed by atoms with Crippen molar-refractivity contribution in [2.45, 2.75) is 32.2 Å². The van der Waals surface area contributed by atoms with E-state index in [1.807, 2.05) is 31.2 Å². The largest absolute Gasteiger partial charge is 0.330 e. The number of rotatable bonds is 8. The van der Waals surface area contributed by atoms with E-state index < -0.39 is 17.9 Å². The summed E-state index contributed by atoms with van der Waals surface area (Å²) in [7, 11) is 0. The minimum Gasteiger partial charge on any atom is -0.330 e. The molecule has 0 aliphatic heterocycles. The van der Waals surface area contributed by atoms with Gasteiger partial charge in [-0.05, 0) is 69.1 Å². The highest BCUT2D eigenvalue weighted by Gasteiger charge is 2.20. The zero-order valence-corrected chi connectivity index (χ0v) is 15.3. The van der Waals surface area contributed by atoms with Crippen LogP contribution in [0.5, 0.6) is 0 Å². The van der Waals surface area contributed by atoms with Crippen LogP contribution in [0.1, 0.15) is 24.8 Å². The van der Waals surface area contributed by atoms with Crippen LogP contribution in [-0.4, -0.2) is 24.5 Å². The molecule has 144 valence electrons. The zero-order chi connectivity index (χ0) is 19.6. The van der Waals surface area contributed by atoms with E-state index in [1.165, 1.54) is 24.3 Å². The Hall–Kier alpha value is -2.93. The maximum atomic E-state index is 13.0. The van der Waals surface area contributed by atoms with Gasteiger partial charge in [-0.15, -0.1) is 0 Å². The van der Waals surface area contributed by atoms with Crippen LogP contribution in [0.2, 0.25) is 0 Å². The van der Waals surface area contributed by atoms with Crippen LogP contribution >= 0.6 is 0 Å². The molecule has 0 unspecified atom stereocenters. The summed E-state index contributed by atoms with van der Waals surface area (Å²) in [5, 5.41) is 8.08. The average molecular weight is 372 g/mol. The second-order valence-electron chi connectivity index (χ2n) is 6.30. The molecule has 0 aromatic heterocycles. The number of unbranched alkanes of at least 4 members (excludes halogenated alkanes) is 1. The Morgan fingerprint density at radius 3 is 2.19 bits per heavy atom. The molecule has 0 aliphatic carbocycles. The van der Waals surface area contributed by atoms with E-state index >= 15 is 0 Å². The Morgan fingerprint density at radius 2 is 1.56 bits per heavy atom. The molecule has 6 nitrogen and oxygen atoms in total. The number of benzene rings is 2. The van der Waals surface area contributed by atoms with Gasteiger partial charge in [-0.25, -0.2) is 9.18 Å². The van der Waals surface area contributed by atoms with E-state index in [4.69, 9.17) is 5.73 Å². The summed E-state index contributed by atoms with van der Waals surface area (Å²) < 4.78 is 13.0. The van der Waals surface area contributed by atoms with Crippen molar-refractivity contribution < 1.29 is 14.0 Å². The SMILES string of the molecule is Cc1ccc(NC(=O)[C@H](CCCCN)NC(=O)Nc2ccc(F)cc2)cc1. The summed E-state index contributed by atoms with van der Waals surface area (Å²) in [6.45, 7) is 2.48. The van der Waals surface area contributed by atoms with Crippen LogP contribution in [-0.2, 0) is 4.79 Å². The summed E-state index contributed by atoms with van der Waals surface area (Å²) in [5.41, 5.74) is 7.70. The lowest BCUT2D eigenvalue weighted by Crippen LogP contribution is -2.45. The lowest BCUT2D eigenvalue weighted by molar-refractivity contribution is -0.118. The quantitative estimate of drug-likeness (QED) is 0.535. The number of hydrogen-bond acceptors (Lipinski definition) is 3. The van der Waals surface area contributed by atoms with Crippen molar-refractivity contribution in [2.24, 2.45) is 5.73 Å². The first-order chi connectivity index (χ1) is 13.0. The molecule has 2 rings (SSSR count). The Kier molecular flexibility index (Phi) is 7.76. The lowest BCUT2D eigenvalue weighted by atomic mass is 10.1. The molecule has 0 saturated heterocycles. The van der Waals surface area contributed by atoms with Gasteiger partial charge in [0.05, 0.1) is 0 Å². The summed E-state index contributed by atoms with van der Waals surface area (Å²) in [5.74, 6) is -0.691. The van der Waals surface area contributed by atoms with Crippen molar-refractivity contribution in [1.82, 2.24) is 5.32 Å². The third-order valence-electron chi connectivity index (χ3n) is 3.99. The number of urea groups is 1. The van der Waals surface area contributed by atoms with Gasteiger partial charge in [0.1, 0.15) is 11.9 Å². The number of halogens is 1. The van der Waals surface area contributed by atoms with Gasteiger partial charge in [0.15, 0.2) is 0 Å². The summed E-state index contributed by atoms with van der Waals surface area (Å²) >= 11 is 0. The molecule has 0 heterocycles.